The zero-order valence-corrected chi connectivity index (χ0v) is 18.0. The molecule has 2 aromatic carbocycles. The van der Waals surface area contributed by atoms with Crippen molar-refractivity contribution in [3.63, 3.8) is 0 Å². The number of ether oxygens (including phenoxy) is 5. The Kier molecular flexibility index (Phi) is 6.41. The quantitative estimate of drug-likeness (QED) is 0.237. The molecule has 0 N–H and O–H groups in total. The van der Waals surface area contributed by atoms with Crippen LogP contribution in [-0.2, 0) is 24.4 Å². The third kappa shape index (κ3) is 5.94. The minimum Gasteiger partial charge on any atom is -0.491 e. The van der Waals surface area contributed by atoms with Crippen LogP contribution < -0.4 is 9.47 Å². The first-order valence-electron chi connectivity index (χ1n) is 10.5. The number of hydrogen-bond acceptors (Lipinski definition) is 6. The normalized spacial score (nSPS) is 19.5. The van der Waals surface area contributed by atoms with E-state index in [9.17, 15) is 4.79 Å². The second-order valence-corrected chi connectivity index (χ2v) is 8.40. The first-order valence-corrected chi connectivity index (χ1v) is 10.5. The van der Waals surface area contributed by atoms with Gasteiger partial charge in [0.05, 0.1) is 32.0 Å². The average molecular weight is 424 g/mol. The lowest BCUT2D eigenvalue weighted by Gasteiger charge is -2.26. The number of rotatable bonds is 11. The summed E-state index contributed by atoms with van der Waals surface area (Å²) in [6.45, 7) is 10.8. The zero-order valence-electron chi connectivity index (χ0n) is 18.0. The number of esters is 1. The molecule has 2 aromatic rings. The van der Waals surface area contributed by atoms with Gasteiger partial charge in [0.25, 0.3) is 0 Å². The standard InChI is InChI=1S/C25H28O6/c1-17(12-27-13-22-14-29-22)24(26)31-21-10-6-19(7-11-21)25(2,3)18-4-8-20(9-5-18)28-15-23-16-30-23/h4-11,22-23H,1,12-16H2,2-3H3. The van der Waals surface area contributed by atoms with Crippen molar-refractivity contribution in [2.24, 2.45) is 0 Å². The highest BCUT2D eigenvalue weighted by Gasteiger charge is 2.25. The number of carbonyl (C=O) groups is 1. The van der Waals surface area contributed by atoms with Crippen LogP contribution in [0.2, 0.25) is 0 Å². The third-order valence-electron chi connectivity index (χ3n) is 5.47. The van der Waals surface area contributed by atoms with E-state index in [1.54, 1.807) is 12.1 Å². The monoisotopic (exact) mass is 424 g/mol. The van der Waals surface area contributed by atoms with E-state index in [4.69, 9.17) is 23.7 Å². The van der Waals surface area contributed by atoms with Gasteiger partial charge in [0, 0.05) is 5.41 Å². The number of carbonyl (C=O) groups excluding carboxylic acids is 1. The Hall–Kier alpha value is -2.67. The smallest absolute Gasteiger partial charge is 0.341 e. The molecule has 4 rings (SSSR count). The highest BCUT2D eigenvalue weighted by molar-refractivity contribution is 5.89. The molecule has 164 valence electrons. The Labute approximate surface area is 182 Å². The number of epoxide rings is 2. The van der Waals surface area contributed by atoms with Gasteiger partial charge in [0.2, 0.25) is 0 Å². The maximum absolute atomic E-state index is 12.2. The van der Waals surface area contributed by atoms with Crippen LogP contribution in [0.25, 0.3) is 0 Å². The summed E-state index contributed by atoms with van der Waals surface area (Å²) in [7, 11) is 0. The van der Waals surface area contributed by atoms with Gasteiger partial charge >= 0.3 is 5.97 Å². The third-order valence-corrected chi connectivity index (χ3v) is 5.47. The molecule has 0 aliphatic carbocycles. The second-order valence-electron chi connectivity index (χ2n) is 8.40. The first-order chi connectivity index (χ1) is 14.9. The lowest BCUT2D eigenvalue weighted by molar-refractivity contribution is -0.130. The van der Waals surface area contributed by atoms with Crippen LogP contribution in [0.3, 0.4) is 0 Å². The van der Waals surface area contributed by atoms with Crippen LogP contribution in [0.5, 0.6) is 11.5 Å². The van der Waals surface area contributed by atoms with Crippen LogP contribution in [0.4, 0.5) is 0 Å². The maximum atomic E-state index is 12.2. The molecule has 0 bridgehead atoms. The van der Waals surface area contributed by atoms with Crippen molar-refractivity contribution in [2.45, 2.75) is 31.5 Å². The predicted molar refractivity (Wildman–Crippen MR) is 116 cm³/mol. The van der Waals surface area contributed by atoms with Crippen molar-refractivity contribution in [1.82, 2.24) is 0 Å². The van der Waals surface area contributed by atoms with Crippen molar-refractivity contribution in [3.8, 4) is 11.5 Å². The Morgan fingerprint density at radius 3 is 2.00 bits per heavy atom. The van der Waals surface area contributed by atoms with Gasteiger partial charge in [-0.3, -0.25) is 0 Å². The average Bonchev–Trinajstić information content (AvgIpc) is 3.68. The molecule has 2 aliphatic heterocycles. The molecule has 2 heterocycles. The van der Waals surface area contributed by atoms with Crippen molar-refractivity contribution in [2.75, 3.05) is 33.0 Å². The topological polar surface area (TPSA) is 69.8 Å². The van der Waals surface area contributed by atoms with Gasteiger partial charge < -0.3 is 23.7 Å². The van der Waals surface area contributed by atoms with Crippen LogP contribution in [0.1, 0.15) is 25.0 Å². The largest absolute Gasteiger partial charge is 0.491 e. The fourth-order valence-electron chi connectivity index (χ4n) is 3.14. The first kappa shape index (κ1) is 21.6. The van der Waals surface area contributed by atoms with Gasteiger partial charge in [0.1, 0.15) is 30.3 Å². The van der Waals surface area contributed by atoms with Crippen LogP contribution in [0.15, 0.2) is 60.7 Å². The summed E-state index contributed by atoms with van der Waals surface area (Å²) < 4.78 is 26.8. The molecule has 2 aliphatic rings. The summed E-state index contributed by atoms with van der Waals surface area (Å²) in [6, 6.07) is 15.7. The summed E-state index contributed by atoms with van der Waals surface area (Å²) in [5, 5.41) is 0. The highest BCUT2D eigenvalue weighted by atomic mass is 16.6. The van der Waals surface area contributed by atoms with Gasteiger partial charge in [0.15, 0.2) is 0 Å². The van der Waals surface area contributed by atoms with E-state index in [1.165, 1.54) is 0 Å². The molecule has 6 heteroatoms. The van der Waals surface area contributed by atoms with Crippen LogP contribution in [0, 0.1) is 0 Å². The summed E-state index contributed by atoms with van der Waals surface area (Å²) in [6.07, 6.45) is 0.395. The Bertz CT molecular complexity index is 908. The molecule has 2 atom stereocenters. The molecule has 31 heavy (non-hydrogen) atoms. The van der Waals surface area contributed by atoms with E-state index in [0.29, 0.717) is 25.6 Å². The van der Waals surface area contributed by atoms with Gasteiger partial charge in [-0.2, -0.15) is 0 Å². The summed E-state index contributed by atoms with van der Waals surface area (Å²) in [4.78, 5) is 12.2. The van der Waals surface area contributed by atoms with E-state index >= 15 is 0 Å². The Morgan fingerprint density at radius 2 is 1.45 bits per heavy atom. The predicted octanol–water partition coefficient (Wildman–Crippen LogP) is 3.67. The molecular weight excluding hydrogens is 396 g/mol. The van der Waals surface area contributed by atoms with E-state index in [1.807, 2.05) is 24.3 Å². The van der Waals surface area contributed by atoms with Crippen LogP contribution >= 0.6 is 0 Å². The SMILES string of the molecule is C=C(COCC1CO1)C(=O)Oc1ccc(C(C)(C)c2ccc(OCC3CO3)cc2)cc1. The molecular formula is C25H28O6. The Morgan fingerprint density at radius 1 is 0.935 bits per heavy atom. The number of benzene rings is 2. The van der Waals surface area contributed by atoms with Gasteiger partial charge in [-0.25, -0.2) is 4.79 Å². The molecule has 2 saturated heterocycles. The van der Waals surface area contributed by atoms with Gasteiger partial charge in [-0.15, -0.1) is 0 Å². The van der Waals surface area contributed by atoms with E-state index in [-0.39, 0.29) is 29.8 Å². The lowest BCUT2D eigenvalue weighted by atomic mass is 9.78. The fraction of sp³-hybridized carbons (Fsp3) is 0.400. The van der Waals surface area contributed by atoms with Gasteiger partial charge in [-0.05, 0) is 35.4 Å². The molecule has 0 amide bonds. The van der Waals surface area contributed by atoms with Gasteiger partial charge in [-0.1, -0.05) is 44.7 Å². The Balaban J connectivity index is 1.32. The van der Waals surface area contributed by atoms with Crippen LogP contribution in [-0.4, -0.2) is 51.2 Å². The fourth-order valence-corrected chi connectivity index (χ4v) is 3.14. The van der Waals surface area contributed by atoms with Crippen molar-refractivity contribution in [1.29, 1.82) is 0 Å². The molecule has 0 spiro atoms. The molecule has 6 nitrogen and oxygen atoms in total. The van der Waals surface area contributed by atoms with E-state index in [0.717, 1.165) is 23.5 Å². The number of hydrogen-bond donors (Lipinski definition) is 0. The molecule has 0 saturated carbocycles. The minimum absolute atomic E-state index is 0.136. The van der Waals surface area contributed by atoms with Crippen molar-refractivity contribution < 1.29 is 28.5 Å². The summed E-state index contributed by atoms with van der Waals surface area (Å²) in [5.74, 6) is 0.823. The van der Waals surface area contributed by atoms with E-state index in [2.05, 4.69) is 32.6 Å². The molecule has 0 radical (unpaired) electrons. The second kappa shape index (κ2) is 9.22. The lowest BCUT2D eigenvalue weighted by Crippen LogP contribution is -2.19. The molecule has 2 unspecified atom stereocenters. The van der Waals surface area contributed by atoms with Crippen molar-refractivity contribution >= 4 is 5.97 Å². The summed E-state index contributed by atoms with van der Waals surface area (Å²) in [5.41, 5.74) is 2.33. The maximum Gasteiger partial charge on any atom is 0.341 e. The molecule has 0 aromatic heterocycles. The zero-order chi connectivity index (χ0) is 21.8. The van der Waals surface area contributed by atoms with E-state index < -0.39 is 5.97 Å². The highest BCUT2D eigenvalue weighted by Crippen LogP contribution is 2.33. The van der Waals surface area contributed by atoms with Crippen molar-refractivity contribution in [3.05, 3.63) is 71.8 Å². The molecule has 2 fully saturated rings. The summed E-state index contributed by atoms with van der Waals surface area (Å²) >= 11 is 0. The minimum atomic E-state index is -0.490.